The zero-order valence-electron chi connectivity index (χ0n) is 11.6. The second-order valence-corrected chi connectivity index (χ2v) is 6.94. The molecule has 1 aromatic heterocycles. The minimum absolute atomic E-state index is 0.373. The molecule has 1 aromatic carbocycles. The Kier molecular flexibility index (Phi) is 3.05. The first-order valence-electron chi connectivity index (χ1n) is 6.62. The number of nitrogens with zero attached hydrogens (tertiary/aromatic N) is 3. The fourth-order valence-corrected chi connectivity index (χ4v) is 4.35. The summed E-state index contributed by atoms with van der Waals surface area (Å²) in [4.78, 5) is 0.373. The third-order valence-corrected chi connectivity index (χ3v) is 5.54. The first kappa shape index (κ1) is 13.2. The topological polar surface area (TPSA) is 55.2 Å². The third-order valence-electron chi connectivity index (χ3n) is 3.58. The molecule has 0 N–H and O–H groups in total. The molecule has 0 aliphatic carbocycles. The summed E-state index contributed by atoms with van der Waals surface area (Å²) < 4.78 is 28.9. The second kappa shape index (κ2) is 4.63. The van der Waals surface area contributed by atoms with E-state index in [0.717, 1.165) is 24.1 Å². The van der Waals surface area contributed by atoms with Crippen LogP contribution in [0, 0.1) is 13.8 Å². The molecule has 0 spiro atoms. The van der Waals surface area contributed by atoms with E-state index in [9.17, 15) is 8.42 Å². The van der Waals surface area contributed by atoms with Gasteiger partial charge in [0.25, 0.3) is 10.0 Å². The fourth-order valence-electron chi connectivity index (χ4n) is 2.64. The van der Waals surface area contributed by atoms with Crippen LogP contribution in [0.25, 0.3) is 0 Å². The zero-order chi connectivity index (χ0) is 14.3. The molecule has 0 saturated carbocycles. The van der Waals surface area contributed by atoms with E-state index < -0.39 is 10.0 Å². The van der Waals surface area contributed by atoms with Crippen molar-refractivity contribution in [2.75, 3.05) is 10.8 Å². The average molecular weight is 291 g/mol. The maximum atomic E-state index is 12.9. The molecule has 2 aromatic rings. The molecule has 2 heterocycles. The van der Waals surface area contributed by atoms with Gasteiger partial charge in [0.1, 0.15) is 5.82 Å². The van der Waals surface area contributed by atoms with Crippen molar-refractivity contribution in [3.63, 3.8) is 0 Å². The summed E-state index contributed by atoms with van der Waals surface area (Å²) in [6.45, 7) is 5.06. The molecule has 3 rings (SSSR count). The molecule has 0 saturated heterocycles. The van der Waals surface area contributed by atoms with E-state index in [0.29, 0.717) is 17.3 Å². The van der Waals surface area contributed by atoms with Crippen molar-refractivity contribution in [2.45, 2.75) is 31.7 Å². The number of rotatable bonds is 2. The first-order valence-corrected chi connectivity index (χ1v) is 8.06. The van der Waals surface area contributed by atoms with E-state index in [4.69, 9.17) is 0 Å². The average Bonchev–Trinajstić information content (AvgIpc) is 2.85. The van der Waals surface area contributed by atoms with Crippen LogP contribution in [0.5, 0.6) is 0 Å². The summed E-state index contributed by atoms with van der Waals surface area (Å²) in [6, 6.07) is 7.17. The Morgan fingerprint density at radius 2 is 1.95 bits per heavy atom. The lowest BCUT2D eigenvalue weighted by molar-refractivity contribution is 0.532. The highest BCUT2D eigenvalue weighted by molar-refractivity contribution is 7.92. The van der Waals surface area contributed by atoms with E-state index in [1.54, 1.807) is 23.0 Å². The van der Waals surface area contributed by atoms with E-state index >= 15 is 0 Å². The van der Waals surface area contributed by atoms with Gasteiger partial charge >= 0.3 is 0 Å². The van der Waals surface area contributed by atoms with Crippen molar-refractivity contribution in [3.8, 4) is 0 Å². The van der Waals surface area contributed by atoms with Gasteiger partial charge in [0, 0.05) is 19.2 Å². The molecule has 0 radical (unpaired) electrons. The Morgan fingerprint density at radius 3 is 2.70 bits per heavy atom. The van der Waals surface area contributed by atoms with Gasteiger partial charge in [0.15, 0.2) is 0 Å². The standard InChI is InChI=1S/C14H17N3O2S/c1-11-4-5-13(12(2)10-11)20(18,19)17-9-3-8-16-14(17)6-7-15-16/h4-7,10H,3,8-9H2,1-2H3. The van der Waals surface area contributed by atoms with Crippen LogP contribution in [0.4, 0.5) is 5.82 Å². The van der Waals surface area contributed by atoms with E-state index in [1.165, 1.54) is 4.31 Å². The van der Waals surface area contributed by atoms with Crippen molar-refractivity contribution in [3.05, 3.63) is 41.6 Å². The predicted molar refractivity (Wildman–Crippen MR) is 77.3 cm³/mol. The lowest BCUT2D eigenvalue weighted by atomic mass is 10.2. The molecule has 5 nitrogen and oxygen atoms in total. The Hall–Kier alpha value is -1.82. The lowest BCUT2D eigenvalue weighted by Crippen LogP contribution is -2.37. The molecular formula is C14H17N3O2S. The van der Waals surface area contributed by atoms with Crippen LogP contribution in [0.15, 0.2) is 35.4 Å². The van der Waals surface area contributed by atoms with E-state index in [2.05, 4.69) is 5.10 Å². The Balaban J connectivity index is 2.10. The number of anilines is 1. The molecule has 0 unspecified atom stereocenters. The quantitative estimate of drug-likeness (QED) is 0.851. The minimum atomic E-state index is -3.52. The highest BCUT2D eigenvalue weighted by Gasteiger charge is 2.30. The molecule has 0 fully saturated rings. The predicted octanol–water partition coefficient (Wildman–Crippen LogP) is 2.10. The summed E-state index contributed by atoms with van der Waals surface area (Å²) >= 11 is 0. The van der Waals surface area contributed by atoms with Gasteiger partial charge in [-0.2, -0.15) is 5.10 Å². The first-order chi connectivity index (χ1) is 9.50. The van der Waals surface area contributed by atoms with Crippen LogP contribution in [0.3, 0.4) is 0 Å². The Labute approximate surface area is 118 Å². The number of fused-ring (bicyclic) bond motifs is 1. The van der Waals surface area contributed by atoms with Gasteiger partial charge in [0.2, 0.25) is 0 Å². The number of hydrogen-bond acceptors (Lipinski definition) is 3. The van der Waals surface area contributed by atoms with Crippen molar-refractivity contribution in [1.82, 2.24) is 9.78 Å². The van der Waals surface area contributed by atoms with Gasteiger partial charge in [-0.1, -0.05) is 17.7 Å². The van der Waals surface area contributed by atoms with Gasteiger partial charge in [-0.25, -0.2) is 17.4 Å². The van der Waals surface area contributed by atoms with Gasteiger partial charge in [-0.3, -0.25) is 0 Å². The summed E-state index contributed by atoms with van der Waals surface area (Å²) in [5.41, 5.74) is 1.84. The van der Waals surface area contributed by atoms with Crippen molar-refractivity contribution in [1.29, 1.82) is 0 Å². The van der Waals surface area contributed by atoms with Crippen LogP contribution in [-0.4, -0.2) is 24.7 Å². The van der Waals surface area contributed by atoms with Gasteiger partial charge in [0.05, 0.1) is 11.1 Å². The molecule has 0 amide bonds. The molecule has 1 aliphatic heterocycles. The van der Waals surface area contributed by atoms with Crippen LogP contribution >= 0.6 is 0 Å². The normalized spacial score (nSPS) is 15.2. The van der Waals surface area contributed by atoms with E-state index in [-0.39, 0.29) is 0 Å². The van der Waals surface area contributed by atoms with Crippen LogP contribution in [0.1, 0.15) is 17.5 Å². The van der Waals surface area contributed by atoms with E-state index in [1.807, 2.05) is 26.0 Å². The van der Waals surface area contributed by atoms with Gasteiger partial charge < -0.3 is 0 Å². The SMILES string of the molecule is Cc1ccc(S(=O)(=O)N2CCCn3nccc32)c(C)c1. The van der Waals surface area contributed by atoms with Gasteiger partial charge in [-0.05, 0) is 31.9 Å². The lowest BCUT2D eigenvalue weighted by Gasteiger charge is -2.29. The summed E-state index contributed by atoms with van der Waals surface area (Å²) in [5, 5.41) is 4.16. The molecule has 6 heteroatoms. The summed E-state index contributed by atoms with van der Waals surface area (Å²) in [7, 11) is -3.52. The largest absolute Gasteiger partial charge is 0.265 e. The highest BCUT2D eigenvalue weighted by atomic mass is 32.2. The number of aryl methyl sites for hydroxylation is 3. The number of aromatic nitrogens is 2. The molecule has 106 valence electrons. The van der Waals surface area contributed by atoms with Gasteiger partial charge in [-0.15, -0.1) is 0 Å². The van der Waals surface area contributed by atoms with Crippen LogP contribution in [0.2, 0.25) is 0 Å². The van der Waals surface area contributed by atoms with Crippen molar-refractivity contribution >= 4 is 15.8 Å². The fraction of sp³-hybridized carbons (Fsp3) is 0.357. The minimum Gasteiger partial charge on any atom is -0.250 e. The molecular weight excluding hydrogens is 274 g/mol. The second-order valence-electron chi connectivity index (χ2n) is 5.11. The Morgan fingerprint density at radius 1 is 1.15 bits per heavy atom. The van der Waals surface area contributed by atoms with Crippen LogP contribution < -0.4 is 4.31 Å². The monoisotopic (exact) mass is 291 g/mol. The molecule has 1 aliphatic rings. The van der Waals surface area contributed by atoms with Crippen molar-refractivity contribution in [2.24, 2.45) is 0 Å². The molecule has 0 atom stereocenters. The number of sulfonamides is 1. The number of benzene rings is 1. The molecule has 0 bridgehead atoms. The summed E-state index contributed by atoms with van der Waals surface area (Å²) in [5.74, 6) is 0.649. The highest BCUT2D eigenvalue weighted by Crippen LogP contribution is 2.28. The summed E-state index contributed by atoms with van der Waals surface area (Å²) in [6.07, 6.45) is 2.42. The van der Waals surface area contributed by atoms with Crippen molar-refractivity contribution < 1.29 is 8.42 Å². The Bertz CT molecular complexity index is 750. The maximum absolute atomic E-state index is 12.9. The maximum Gasteiger partial charge on any atom is 0.265 e. The smallest absolute Gasteiger partial charge is 0.250 e. The third kappa shape index (κ3) is 2.00. The zero-order valence-corrected chi connectivity index (χ0v) is 12.4. The number of hydrogen-bond donors (Lipinski definition) is 0. The molecule has 20 heavy (non-hydrogen) atoms. The van der Waals surface area contributed by atoms with Crippen LogP contribution in [-0.2, 0) is 16.6 Å².